The highest BCUT2D eigenvalue weighted by Gasteiger charge is 1.94. The first-order valence-corrected chi connectivity index (χ1v) is 5.87. The van der Waals surface area contributed by atoms with Crippen molar-refractivity contribution < 1.29 is 0 Å². The quantitative estimate of drug-likeness (QED) is 0.728. The van der Waals surface area contributed by atoms with Crippen LogP contribution in [0.25, 0.3) is 0 Å². The number of hydrogen-bond acceptors (Lipinski definition) is 4. The maximum atomic E-state index is 4.15. The van der Waals surface area contributed by atoms with Crippen molar-refractivity contribution in [1.29, 1.82) is 0 Å². The molecule has 2 aromatic heterocycles. The summed E-state index contributed by atoms with van der Waals surface area (Å²) in [5.74, 6) is 0.849. The van der Waals surface area contributed by atoms with Crippen LogP contribution in [-0.2, 0) is 13.1 Å². The molecule has 0 aliphatic heterocycles. The summed E-state index contributed by atoms with van der Waals surface area (Å²) in [6.07, 6.45) is 11.5. The second-order valence-corrected chi connectivity index (χ2v) is 3.85. The fourth-order valence-corrected chi connectivity index (χ4v) is 1.58. The Hall–Kier alpha value is -1.75. The van der Waals surface area contributed by atoms with Crippen LogP contribution in [0.1, 0.15) is 18.7 Å². The zero-order valence-corrected chi connectivity index (χ0v) is 9.79. The third-order valence-electron chi connectivity index (χ3n) is 2.48. The van der Waals surface area contributed by atoms with E-state index in [0.717, 1.165) is 38.3 Å². The van der Waals surface area contributed by atoms with E-state index in [2.05, 4.69) is 24.8 Å². The summed E-state index contributed by atoms with van der Waals surface area (Å²) in [4.78, 5) is 12.3. The Morgan fingerprint density at radius 2 is 2.00 bits per heavy atom. The molecule has 5 nitrogen and oxygen atoms in total. The Bertz CT molecular complexity index is 398. The van der Waals surface area contributed by atoms with Gasteiger partial charge in [-0.25, -0.2) is 15.0 Å². The van der Waals surface area contributed by atoms with Crippen LogP contribution in [-0.4, -0.2) is 26.1 Å². The number of rotatable bonds is 7. The molecule has 0 saturated heterocycles. The molecule has 0 bridgehead atoms. The largest absolute Gasteiger partial charge is 0.337 e. The molecule has 0 saturated carbocycles. The maximum absolute atomic E-state index is 4.15. The first-order chi connectivity index (χ1) is 8.45. The van der Waals surface area contributed by atoms with Gasteiger partial charge < -0.3 is 9.88 Å². The normalized spacial score (nSPS) is 10.6. The third-order valence-corrected chi connectivity index (χ3v) is 2.48. The molecule has 17 heavy (non-hydrogen) atoms. The van der Waals surface area contributed by atoms with Crippen molar-refractivity contribution in [2.24, 2.45) is 0 Å². The van der Waals surface area contributed by atoms with E-state index in [0.29, 0.717) is 0 Å². The zero-order valence-electron chi connectivity index (χ0n) is 9.79. The standard InChI is InChI=1S/C12H17N5/c1(2-8-17-9-7-14-11-17)4-13-10-12-15-5-3-6-16-12/h3,5-7,9,11,13H,1-2,4,8,10H2. The molecule has 0 fully saturated rings. The van der Waals surface area contributed by atoms with Crippen LogP contribution in [0.2, 0.25) is 0 Å². The average molecular weight is 231 g/mol. The third kappa shape index (κ3) is 4.32. The summed E-state index contributed by atoms with van der Waals surface area (Å²) in [7, 11) is 0. The van der Waals surface area contributed by atoms with Gasteiger partial charge in [-0.05, 0) is 25.5 Å². The molecule has 0 aliphatic rings. The van der Waals surface area contributed by atoms with Crippen LogP contribution in [0.15, 0.2) is 37.2 Å². The minimum Gasteiger partial charge on any atom is -0.337 e. The predicted octanol–water partition coefficient (Wildman–Crippen LogP) is 1.24. The van der Waals surface area contributed by atoms with Crippen molar-refractivity contribution in [3.8, 4) is 0 Å². The number of nitrogens with one attached hydrogen (secondary N) is 1. The van der Waals surface area contributed by atoms with Crippen LogP contribution in [0, 0.1) is 0 Å². The molecule has 2 aromatic rings. The molecule has 0 aromatic carbocycles. The monoisotopic (exact) mass is 231 g/mol. The lowest BCUT2D eigenvalue weighted by molar-refractivity contribution is 0.561. The van der Waals surface area contributed by atoms with E-state index in [-0.39, 0.29) is 0 Å². The first kappa shape index (κ1) is 11.7. The number of unbranched alkanes of at least 4 members (excludes halogenated alkanes) is 1. The van der Waals surface area contributed by atoms with Gasteiger partial charge in [-0.15, -0.1) is 0 Å². The summed E-state index contributed by atoms with van der Waals surface area (Å²) in [5, 5.41) is 3.33. The molecule has 0 radical (unpaired) electrons. The summed E-state index contributed by atoms with van der Waals surface area (Å²) in [6.45, 7) is 2.77. The van der Waals surface area contributed by atoms with Crippen molar-refractivity contribution in [1.82, 2.24) is 24.8 Å². The molecule has 0 unspecified atom stereocenters. The van der Waals surface area contributed by atoms with E-state index in [9.17, 15) is 0 Å². The highest BCUT2D eigenvalue weighted by Crippen LogP contribution is 1.94. The molecule has 0 amide bonds. The molecular formula is C12H17N5. The van der Waals surface area contributed by atoms with Crippen LogP contribution in [0.5, 0.6) is 0 Å². The fourth-order valence-electron chi connectivity index (χ4n) is 1.58. The SMILES string of the molecule is c1cnc(CNCCCCn2ccnc2)nc1. The Morgan fingerprint density at radius 3 is 2.76 bits per heavy atom. The van der Waals surface area contributed by atoms with Gasteiger partial charge in [0.2, 0.25) is 0 Å². The maximum Gasteiger partial charge on any atom is 0.141 e. The van der Waals surface area contributed by atoms with E-state index in [1.54, 1.807) is 12.4 Å². The summed E-state index contributed by atoms with van der Waals surface area (Å²) in [5.41, 5.74) is 0. The molecule has 5 heteroatoms. The number of imidazole rings is 1. The molecule has 90 valence electrons. The van der Waals surface area contributed by atoms with Gasteiger partial charge in [0.05, 0.1) is 12.9 Å². The van der Waals surface area contributed by atoms with Crippen molar-refractivity contribution in [2.45, 2.75) is 25.9 Å². The summed E-state index contributed by atoms with van der Waals surface area (Å²) >= 11 is 0. The van der Waals surface area contributed by atoms with Gasteiger partial charge in [0.1, 0.15) is 5.82 Å². The van der Waals surface area contributed by atoms with Gasteiger partial charge in [-0.2, -0.15) is 0 Å². The van der Waals surface area contributed by atoms with Crippen LogP contribution < -0.4 is 5.32 Å². The van der Waals surface area contributed by atoms with E-state index >= 15 is 0 Å². The highest BCUT2D eigenvalue weighted by molar-refractivity contribution is 4.87. The average Bonchev–Trinajstić information content (AvgIpc) is 2.88. The van der Waals surface area contributed by atoms with Crippen molar-refractivity contribution in [2.75, 3.05) is 6.54 Å². The molecule has 2 heterocycles. The summed E-state index contributed by atoms with van der Waals surface area (Å²) < 4.78 is 2.10. The van der Waals surface area contributed by atoms with Gasteiger partial charge in [0.15, 0.2) is 0 Å². The lowest BCUT2D eigenvalue weighted by Gasteiger charge is -2.04. The zero-order chi connectivity index (χ0) is 11.8. The Balaban J connectivity index is 1.52. The van der Waals surface area contributed by atoms with Gasteiger partial charge in [-0.3, -0.25) is 0 Å². The lowest BCUT2D eigenvalue weighted by Crippen LogP contribution is -2.16. The van der Waals surface area contributed by atoms with Gasteiger partial charge in [0.25, 0.3) is 0 Å². The minimum atomic E-state index is 0.742. The number of aromatic nitrogens is 4. The lowest BCUT2D eigenvalue weighted by atomic mass is 10.3. The Kier molecular flexibility index (Phi) is 4.66. The van der Waals surface area contributed by atoms with Crippen LogP contribution in [0.3, 0.4) is 0 Å². The van der Waals surface area contributed by atoms with Crippen molar-refractivity contribution >= 4 is 0 Å². The molecule has 2 rings (SSSR count). The Labute approximate surface area is 101 Å². The van der Waals surface area contributed by atoms with Gasteiger partial charge >= 0.3 is 0 Å². The summed E-state index contributed by atoms with van der Waals surface area (Å²) in [6, 6.07) is 1.83. The van der Waals surface area contributed by atoms with Gasteiger partial charge in [-0.1, -0.05) is 0 Å². The van der Waals surface area contributed by atoms with Gasteiger partial charge in [0, 0.05) is 31.3 Å². The van der Waals surface area contributed by atoms with Crippen molar-refractivity contribution in [3.05, 3.63) is 43.0 Å². The minimum absolute atomic E-state index is 0.742. The molecule has 0 atom stereocenters. The van der Waals surface area contributed by atoms with E-state index < -0.39 is 0 Å². The number of nitrogens with zero attached hydrogens (tertiary/aromatic N) is 4. The Morgan fingerprint density at radius 1 is 1.12 bits per heavy atom. The van der Waals surface area contributed by atoms with E-state index in [1.807, 2.05) is 24.8 Å². The van der Waals surface area contributed by atoms with Crippen LogP contribution >= 0.6 is 0 Å². The van der Waals surface area contributed by atoms with Crippen LogP contribution in [0.4, 0.5) is 0 Å². The van der Waals surface area contributed by atoms with Crippen molar-refractivity contribution in [3.63, 3.8) is 0 Å². The molecule has 0 aliphatic carbocycles. The smallest absolute Gasteiger partial charge is 0.141 e. The molecule has 0 spiro atoms. The number of aryl methyl sites for hydroxylation is 1. The first-order valence-electron chi connectivity index (χ1n) is 5.87. The van der Waals surface area contributed by atoms with E-state index in [1.165, 1.54) is 0 Å². The topological polar surface area (TPSA) is 55.6 Å². The highest BCUT2D eigenvalue weighted by atomic mass is 15.0. The number of hydrogen-bond donors (Lipinski definition) is 1. The second kappa shape index (κ2) is 6.75. The predicted molar refractivity (Wildman–Crippen MR) is 65.2 cm³/mol. The van der Waals surface area contributed by atoms with E-state index in [4.69, 9.17) is 0 Å². The fraction of sp³-hybridized carbons (Fsp3) is 0.417. The molecule has 1 N–H and O–H groups in total. The second-order valence-electron chi connectivity index (χ2n) is 3.85. The molecular weight excluding hydrogens is 214 g/mol.